The number of carbonyl (C=O) groups is 5. The van der Waals surface area contributed by atoms with E-state index in [0.717, 1.165) is 51.4 Å². The summed E-state index contributed by atoms with van der Waals surface area (Å²) < 4.78 is 44.7. The Morgan fingerprint density at radius 3 is 1.61 bits per heavy atom. The topological polar surface area (TPSA) is 229 Å². The summed E-state index contributed by atoms with van der Waals surface area (Å²) in [5.41, 5.74) is -0.282. The van der Waals surface area contributed by atoms with Gasteiger partial charge >= 0.3 is 17.9 Å². The van der Waals surface area contributed by atoms with Crippen LogP contribution >= 0.6 is 0 Å². The fourth-order valence-corrected chi connectivity index (χ4v) is 8.41. The molecular formula is C51H80N4O14. The molecule has 18 heteroatoms. The van der Waals surface area contributed by atoms with Crippen LogP contribution in [0.4, 0.5) is 0 Å². The van der Waals surface area contributed by atoms with Crippen LogP contribution in [-0.2, 0) is 38.1 Å². The van der Waals surface area contributed by atoms with E-state index in [4.69, 9.17) is 37.9 Å². The van der Waals surface area contributed by atoms with Crippen LogP contribution in [0.1, 0.15) is 160 Å². The number of rotatable bonds is 21. The van der Waals surface area contributed by atoms with Crippen LogP contribution in [0, 0.1) is 23.7 Å². The molecular weight excluding hydrogens is 893 g/mol. The SMILES string of the molecule is CCCO[C@H]1CCC[C@H](NC(=O)c2nccc(OC)c2O)C(=O)O[C@@H](C)[C@@H]1CCC(C)C.CCCO[C@H]1CCC[C@H](NC(=O)c2nccc(OC)c2OCOC(C)=O)C(=O)O[C@@H](C)[C@@H]1CCC(C)C. The molecule has 4 rings (SSSR count). The molecule has 0 saturated carbocycles. The first-order chi connectivity index (χ1) is 32.9. The van der Waals surface area contributed by atoms with Crippen LogP contribution in [-0.4, -0.2) is 116 Å². The minimum atomic E-state index is -0.861. The number of nitrogens with one attached hydrogen (secondary N) is 2. The highest BCUT2D eigenvalue weighted by molar-refractivity contribution is 5.98. The summed E-state index contributed by atoms with van der Waals surface area (Å²) in [7, 11) is 2.81. The van der Waals surface area contributed by atoms with Gasteiger partial charge in [0.25, 0.3) is 11.8 Å². The van der Waals surface area contributed by atoms with Crippen LogP contribution in [0.5, 0.6) is 23.0 Å². The van der Waals surface area contributed by atoms with E-state index in [-0.39, 0.29) is 70.6 Å². The Kier molecular flexibility index (Phi) is 25.6. The van der Waals surface area contributed by atoms with Crippen molar-refractivity contribution in [2.75, 3.05) is 34.2 Å². The van der Waals surface area contributed by atoms with E-state index in [1.165, 1.54) is 45.7 Å². The first kappa shape index (κ1) is 58.1. The first-order valence-electron chi connectivity index (χ1n) is 24.7. The number of cyclic esters (lactones) is 2. The summed E-state index contributed by atoms with van der Waals surface area (Å²) >= 11 is 0. The molecule has 18 nitrogen and oxygen atoms in total. The Morgan fingerprint density at radius 1 is 0.725 bits per heavy atom. The van der Waals surface area contributed by atoms with Gasteiger partial charge in [-0.2, -0.15) is 0 Å². The second-order valence-electron chi connectivity index (χ2n) is 18.6. The number of hydrogen-bond acceptors (Lipinski definition) is 16. The van der Waals surface area contributed by atoms with Crippen molar-refractivity contribution in [3.63, 3.8) is 0 Å². The van der Waals surface area contributed by atoms with E-state index in [1.54, 1.807) is 0 Å². The Morgan fingerprint density at radius 2 is 1.17 bits per heavy atom. The molecule has 388 valence electrons. The highest BCUT2D eigenvalue weighted by Gasteiger charge is 2.37. The molecule has 2 fully saturated rings. The summed E-state index contributed by atoms with van der Waals surface area (Å²) in [6.45, 7) is 18.8. The van der Waals surface area contributed by atoms with Gasteiger partial charge in [0.15, 0.2) is 34.4 Å². The minimum Gasteiger partial charge on any atom is -0.503 e. The third-order valence-corrected chi connectivity index (χ3v) is 12.2. The monoisotopic (exact) mass is 973 g/mol. The van der Waals surface area contributed by atoms with Gasteiger partial charge in [0, 0.05) is 56.5 Å². The fourth-order valence-electron chi connectivity index (χ4n) is 8.41. The lowest BCUT2D eigenvalue weighted by Crippen LogP contribution is -2.44. The number of aromatic nitrogens is 2. The predicted molar refractivity (Wildman–Crippen MR) is 257 cm³/mol. The van der Waals surface area contributed by atoms with Crippen molar-refractivity contribution in [2.24, 2.45) is 23.7 Å². The number of esters is 3. The molecule has 3 N–H and O–H groups in total. The van der Waals surface area contributed by atoms with E-state index in [2.05, 4.69) is 62.1 Å². The molecule has 2 aromatic heterocycles. The average Bonchev–Trinajstić information content (AvgIpc) is 3.39. The number of hydrogen-bond donors (Lipinski definition) is 3. The van der Waals surface area contributed by atoms with Crippen molar-refractivity contribution in [3.8, 4) is 23.0 Å². The number of amides is 2. The molecule has 2 aliphatic rings. The first-order valence-corrected chi connectivity index (χ1v) is 24.7. The number of methoxy groups -OCH3 is 2. The third kappa shape index (κ3) is 18.9. The number of aromatic hydroxyl groups is 1. The quantitative estimate of drug-likeness (QED) is 0.0613. The Hall–Kier alpha value is -5.23. The highest BCUT2D eigenvalue weighted by Crippen LogP contribution is 2.33. The maximum absolute atomic E-state index is 13.2. The van der Waals surface area contributed by atoms with Crippen molar-refractivity contribution >= 4 is 29.7 Å². The van der Waals surface area contributed by atoms with Gasteiger partial charge in [-0.1, -0.05) is 54.4 Å². The number of nitrogens with zero attached hydrogens (tertiary/aromatic N) is 2. The van der Waals surface area contributed by atoms with Crippen molar-refractivity contribution in [1.29, 1.82) is 0 Å². The molecule has 8 atom stereocenters. The van der Waals surface area contributed by atoms with E-state index in [9.17, 15) is 29.1 Å². The average molecular weight is 973 g/mol. The maximum Gasteiger partial charge on any atom is 0.328 e. The van der Waals surface area contributed by atoms with Gasteiger partial charge < -0.3 is 53.6 Å². The van der Waals surface area contributed by atoms with E-state index in [1.807, 2.05) is 13.8 Å². The molecule has 2 amide bonds. The van der Waals surface area contributed by atoms with E-state index >= 15 is 0 Å². The van der Waals surface area contributed by atoms with Crippen molar-refractivity contribution in [3.05, 3.63) is 35.9 Å². The predicted octanol–water partition coefficient (Wildman–Crippen LogP) is 7.91. The largest absolute Gasteiger partial charge is 0.503 e. The highest BCUT2D eigenvalue weighted by atomic mass is 16.7. The lowest BCUT2D eigenvalue weighted by molar-refractivity contribution is -0.157. The van der Waals surface area contributed by atoms with Crippen molar-refractivity contribution < 1.29 is 67.0 Å². The number of ether oxygens (including phenoxy) is 8. The molecule has 0 bridgehead atoms. The number of carbonyl (C=O) groups excluding carboxylic acids is 5. The summed E-state index contributed by atoms with van der Waals surface area (Å²) in [4.78, 5) is 71.2. The maximum atomic E-state index is 13.2. The molecule has 2 aliphatic heterocycles. The van der Waals surface area contributed by atoms with Crippen molar-refractivity contribution in [1.82, 2.24) is 20.6 Å². The molecule has 0 unspecified atom stereocenters. The van der Waals surface area contributed by atoms with E-state index < -0.39 is 48.6 Å². The second kappa shape index (κ2) is 30.4. The third-order valence-electron chi connectivity index (χ3n) is 12.2. The molecule has 0 aliphatic carbocycles. The van der Waals surface area contributed by atoms with Crippen molar-refractivity contribution in [2.45, 2.75) is 176 Å². The van der Waals surface area contributed by atoms with Gasteiger partial charge in [0.2, 0.25) is 6.79 Å². The smallest absolute Gasteiger partial charge is 0.328 e. The molecule has 2 saturated heterocycles. The lowest BCUT2D eigenvalue weighted by atomic mass is 9.86. The standard InChI is InChI=1S/C27H42N2O8.C24H38N2O6/c1-7-15-34-22-10-8-9-21(27(32)37-18(4)20(22)12-11-17(2)3)29-26(31)24-25(36-16-35-19(5)30)23(33-6)13-14-28-24;1-6-14-31-19-9-7-8-18(24(29)32-16(4)17(19)11-10-15(2)3)26-23(28)21-22(27)20(30-5)12-13-25-21/h13-14,17-18,20-22H,7-12,15-16H2,1-6H3,(H,29,31);12-13,15-19,27H,6-11,14H2,1-5H3,(H,26,28)/t18-,20-,21-,22-;16-,17-,18-,19-/m00/s1. The Balaban J connectivity index is 0.000000369. The van der Waals surface area contributed by atoms with Crippen LogP contribution in [0.3, 0.4) is 0 Å². The zero-order chi connectivity index (χ0) is 51.0. The van der Waals surface area contributed by atoms with Crippen LogP contribution in [0.15, 0.2) is 24.5 Å². The minimum absolute atomic E-state index is 0.00930. The normalized spacial score (nSPS) is 23.2. The van der Waals surface area contributed by atoms with Gasteiger partial charge in [-0.25, -0.2) is 19.6 Å². The molecule has 69 heavy (non-hydrogen) atoms. The zero-order valence-corrected chi connectivity index (χ0v) is 42.8. The molecule has 0 radical (unpaired) electrons. The zero-order valence-electron chi connectivity index (χ0n) is 42.8. The molecule has 0 aromatic carbocycles. The van der Waals surface area contributed by atoms with Gasteiger partial charge in [-0.15, -0.1) is 0 Å². The van der Waals surface area contributed by atoms with Crippen LogP contribution in [0.2, 0.25) is 0 Å². The van der Waals surface area contributed by atoms with Gasteiger partial charge in [0.1, 0.15) is 24.3 Å². The lowest BCUT2D eigenvalue weighted by Gasteiger charge is -2.31. The molecule has 4 heterocycles. The van der Waals surface area contributed by atoms with Gasteiger partial charge in [-0.3, -0.25) is 14.4 Å². The Labute approximate surface area is 408 Å². The van der Waals surface area contributed by atoms with E-state index in [0.29, 0.717) is 50.7 Å². The fraction of sp³-hybridized carbons (Fsp3) is 0.706. The van der Waals surface area contributed by atoms with Gasteiger partial charge in [0.05, 0.1) is 26.4 Å². The van der Waals surface area contributed by atoms with Gasteiger partial charge in [-0.05, 0) is 89.9 Å². The number of pyridine rings is 2. The summed E-state index contributed by atoms with van der Waals surface area (Å²) in [5, 5.41) is 15.7. The summed E-state index contributed by atoms with van der Waals surface area (Å²) in [6, 6.07) is 1.28. The second-order valence-corrected chi connectivity index (χ2v) is 18.6. The van der Waals surface area contributed by atoms with Crippen LogP contribution < -0.4 is 24.8 Å². The summed E-state index contributed by atoms with van der Waals surface area (Å²) in [6.07, 6.45) is 11.5. The van der Waals surface area contributed by atoms with Crippen LogP contribution in [0.25, 0.3) is 0 Å². The molecule has 2 aromatic rings. The molecule has 0 spiro atoms. The summed E-state index contributed by atoms with van der Waals surface area (Å²) in [5.74, 6) is -1.49. The Bertz CT molecular complexity index is 1910.